The molecular weight excluding hydrogens is 397 g/mol. The maximum absolute atomic E-state index is 12.9. The second kappa shape index (κ2) is 8.84. The predicted octanol–water partition coefficient (Wildman–Crippen LogP) is 3.17. The molecule has 1 aliphatic heterocycles. The highest BCUT2D eigenvalue weighted by Crippen LogP contribution is 2.25. The van der Waals surface area contributed by atoms with Crippen molar-refractivity contribution in [2.75, 3.05) is 13.1 Å². The number of rotatable bonds is 6. The minimum absolute atomic E-state index is 0.0511. The number of nitrogens with zero attached hydrogens (tertiary/aromatic N) is 1. The number of Topliss-reactive ketones (excluding diaryl/α,β-unsaturated/α-hetero) is 1. The molecule has 29 heavy (non-hydrogen) atoms. The number of halogens is 1. The smallest absolute Gasteiger partial charge is 0.309 e. The molecule has 1 saturated heterocycles. The summed E-state index contributed by atoms with van der Waals surface area (Å²) in [4.78, 5) is 23.9. The molecule has 3 rings (SSSR count). The third kappa shape index (κ3) is 5.07. The van der Waals surface area contributed by atoms with E-state index in [9.17, 15) is 22.4 Å². The Bertz CT molecular complexity index is 996. The highest BCUT2D eigenvalue weighted by Gasteiger charge is 2.33. The highest BCUT2D eigenvalue weighted by atomic mass is 32.2. The fraction of sp³-hybridized carbons (Fsp3) is 0.333. The van der Waals surface area contributed by atoms with Gasteiger partial charge in [0.1, 0.15) is 12.4 Å². The first-order valence-corrected chi connectivity index (χ1v) is 10.7. The summed E-state index contributed by atoms with van der Waals surface area (Å²) in [5, 5.41) is 0. The van der Waals surface area contributed by atoms with Gasteiger partial charge in [0.2, 0.25) is 10.0 Å². The van der Waals surface area contributed by atoms with E-state index in [0.717, 1.165) is 0 Å². The molecule has 0 atom stereocenters. The summed E-state index contributed by atoms with van der Waals surface area (Å²) in [6.07, 6.45) is 0.710. The Hall–Kier alpha value is -2.58. The van der Waals surface area contributed by atoms with E-state index in [1.807, 2.05) is 0 Å². The number of hydrogen-bond acceptors (Lipinski definition) is 5. The number of esters is 1. The van der Waals surface area contributed by atoms with E-state index in [-0.39, 0.29) is 48.1 Å². The van der Waals surface area contributed by atoms with Crippen molar-refractivity contribution < 1.29 is 27.1 Å². The molecule has 0 saturated carbocycles. The van der Waals surface area contributed by atoms with Crippen LogP contribution >= 0.6 is 0 Å². The standard InChI is InChI=1S/C21H22FNO5S/c1-15(24)18-3-2-4-20(13-18)29(26,27)23-11-9-17(10-12-23)21(25)28-14-16-5-7-19(22)8-6-16/h2-8,13,17H,9-12,14H2,1H3. The van der Waals surface area contributed by atoms with Gasteiger partial charge in [-0.15, -0.1) is 0 Å². The molecule has 8 heteroatoms. The maximum atomic E-state index is 12.9. The predicted molar refractivity (Wildman–Crippen MR) is 104 cm³/mol. The largest absolute Gasteiger partial charge is 0.461 e. The molecule has 0 radical (unpaired) electrons. The van der Waals surface area contributed by atoms with Crippen molar-refractivity contribution in [3.05, 3.63) is 65.5 Å². The number of carbonyl (C=O) groups excluding carboxylic acids is 2. The van der Waals surface area contributed by atoms with E-state index in [2.05, 4.69) is 0 Å². The number of benzene rings is 2. The molecule has 0 amide bonds. The average molecular weight is 419 g/mol. The van der Waals surface area contributed by atoms with E-state index in [0.29, 0.717) is 24.0 Å². The van der Waals surface area contributed by atoms with Crippen LogP contribution in [0.2, 0.25) is 0 Å². The molecule has 0 aliphatic carbocycles. The molecule has 154 valence electrons. The fourth-order valence-corrected chi connectivity index (χ4v) is 4.73. The number of sulfonamides is 1. The Balaban J connectivity index is 1.58. The first kappa shape index (κ1) is 21.1. The van der Waals surface area contributed by atoms with Gasteiger partial charge < -0.3 is 4.74 Å². The number of piperidine rings is 1. The lowest BCUT2D eigenvalue weighted by Crippen LogP contribution is -2.40. The summed E-state index contributed by atoms with van der Waals surface area (Å²) in [7, 11) is -3.73. The van der Waals surface area contributed by atoms with Crippen LogP contribution in [0.3, 0.4) is 0 Å². The van der Waals surface area contributed by atoms with Crippen LogP contribution in [0.1, 0.15) is 35.7 Å². The van der Waals surface area contributed by atoms with Crippen LogP contribution in [0.25, 0.3) is 0 Å². The van der Waals surface area contributed by atoms with Crippen LogP contribution in [0.5, 0.6) is 0 Å². The summed E-state index contributed by atoms with van der Waals surface area (Å²) in [5.74, 6) is -1.33. The molecular formula is C21H22FNO5S. The van der Waals surface area contributed by atoms with Gasteiger partial charge in [-0.25, -0.2) is 12.8 Å². The van der Waals surface area contributed by atoms with Crippen LogP contribution in [0, 0.1) is 11.7 Å². The van der Waals surface area contributed by atoms with Gasteiger partial charge in [-0.05, 0) is 49.6 Å². The molecule has 0 bridgehead atoms. The average Bonchev–Trinajstić information content (AvgIpc) is 2.73. The summed E-state index contributed by atoms with van der Waals surface area (Å²) in [5.41, 5.74) is 1.02. The lowest BCUT2D eigenvalue weighted by molar-refractivity contribution is -0.151. The van der Waals surface area contributed by atoms with Gasteiger partial charge in [0.15, 0.2) is 5.78 Å². The van der Waals surface area contributed by atoms with Crippen molar-refractivity contribution in [2.45, 2.75) is 31.3 Å². The van der Waals surface area contributed by atoms with Crippen LogP contribution in [-0.2, 0) is 26.2 Å². The third-order valence-electron chi connectivity index (χ3n) is 4.96. The molecule has 2 aromatic carbocycles. The van der Waals surface area contributed by atoms with Gasteiger partial charge in [0.25, 0.3) is 0 Å². The fourth-order valence-electron chi connectivity index (χ4n) is 3.21. The van der Waals surface area contributed by atoms with Crippen molar-refractivity contribution in [1.29, 1.82) is 0 Å². The van der Waals surface area contributed by atoms with E-state index in [1.54, 1.807) is 24.3 Å². The van der Waals surface area contributed by atoms with Crippen LogP contribution < -0.4 is 0 Å². The van der Waals surface area contributed by atoms with Gasteiger partial charge in [-0.1, -0.05) is 24.3 Å². The lowest BCUT2D eigenvalue weighted by atomic mass is 9.98. The Morgan fingerprint density at radius 3 is 2.38 bits per heavy atom. The van der Waals surface area contributed by atoms with Crippen molar-refractivity contribution >= 4 is 21.8 Å². The molecule has 2 aromatic rings. The van der Waals surface area contributed by atoms with Crippen molar-refractivity contribution in [1.82, 2.24) is 4.31 Å². The van der Waals surface area contributed by atoms with Gasteiger partial charge in [-0.2, -0.15) is 4.31 Å². The lowest BCUT2D eigenvalue weighted by Gasteiger charge is -2.30. The van der Waals surface area contributed by atoms with Crippen LogP contribution in [0.15, 0.2) is 53.4 Å². The quantitative estimate of drug-likeness (QED) is 0.531. The number of ketones is 1. The zero-order valence-corrected chi connectivity index (χ0v) is 16.8. The second-order valence-corrected chi connectivity index (χ2v) is 8.93. The number of ether oxygens (including phenoxy) is 1. The van der Waals surface area contributed by atoms with E-state index < -0.39 is 10.0 Å². The van der Waals surface area contributed by atoms with Crippen molar-refractivity contribution in [3.8, 4) is 0 Å². The maximum Gasteiger partial charge on any atom is 0.309 e. The zero-order chi connectivity index (χ0) is 21.0. The molecule has 6 nitrogen and oxygen atoms in total. The van der Waals surface area contributed by atoms with E-state index >= 15 is 0 Å². The summed E-state index contributed by atoms with van der Waals surface area (Å²) in [6.45, 7) is 1.83. The Morgan fingerprint density at radius 1 is 1.10 bits per heavy atom. The Morgan fingerprint density at radius 2 is 1.76 bits per heavy atom. The second-order valence-electron chi connectivity index (χ2n) is 7.00. The van der Waals surface area contributed by atoms with E-state index in [1.165, 1.54) is 35.5 Å². The normalized spacial score (nSPS) is 15.8. The molecule has 1 aliphatic rings. The minimum atomic E-state index is -3.73. The van der Waals surface area contributed by atoms with Gasteiger partial charge in [0, 0.05) is 18.7 Å². The molecule has 0 N–H and O–H groups in total. The van der Waals surface area contributed by atoms with Crippen molar-refractivity contribution in [2.24, 2.45) is 5.92 Å². The molecule has 1 heterocycles. The Kier molecular flexibility index (Phi) is 6.44. The monoisotopic (exact) mass is 419 g/mol. The minimum Gasteiger partial charge on any atom is -0.461 e. The van der Waals surface area contributed by atoms with Crippen LogP contribution in [0.4, 0.5) is 4.39 Å². The number of carbonyl (C=O) groups is 2. The Labute approximate surface area is 169 Å². The number of hydrogen-bond donors (Lipinski definition) is 0. The SMILES string of the molecule is CC(=O)c1cccc(S(=O)(=O)N2CCC(C(=O)OCc3ccc(F)cc3)CC2)c1. The third-order valence-corrected chi connectivity index (χ3v) is 6.85. The molecule has 0 spiro atoms. The first-order chi connectivity index (χ1) is 13.8. The molecule has 0 aromatic heterocycles. The van der Waals surface area contributed by atoms with Gasteiger partial charge >= 0.3 is 5.97 Å². The van der Waals surface area contributed by atoms with Gasteiger partial charge in [0.05, 0.1) is 10.8 Å². The van der Waals surface area contributed by atoms with E-state index in [4.69, 9.17) is 4.74 Å². The summed E-state index contributed by atoms with van der Waals surface area (Å²) in [6, 6.07) is 11.7. The topological polar surface area (TPSA) is 80.8 Å². The zero-order valence-electron chi connectivity index (χ0n) is 16.0. The van der Waals surface area contributed by atoms with Gasteiger partial charge in [-0.3, -0.25) is 9.59 Å². The molecule has 1 fully saturated rings. The highest BCUT2D eigenvalue weighted by molar-refractivity contribution is 7.89. The first-order valence-electron chi connectivity index (χ1n) is 9.29. The van der Waals surface area contributed by atoms with Crippen LogP contribution in [-0.4, -0.2) is 37.6 Å². The van der Waals surface area contributed by atoms with Crippen molar-refractivity contribution in [3.63, 3.8) is 0 Å². The summed E-state index contributed by atoms with van der Waals surface area (Å²) < 4.78 is 45.2. The summed E-state index contributed by atoms with van der Waals surface area (Å²) >= 11 is 0. The molecule has 0 unspecified atom stereocenters.